The number of likely N-dealkylation sites (tertiary alicyclic amines) is 1. The number of amides is 2. The summed E-state index contributed by atoms with van der Waals surface area (Å²) < 4.78 is 13.5. The smallest absolute Gasteiger partial charge is 0.251 e. The lowest BCUT2D eigenvalue weighted by Gasteiger charge is -2.13. The molecule has 20 heavy (non-hydrogen) atoms. The number of benzene rings is 1. The Kier molecular flexibility index (Phi) is 4.65. The molecule has 0 saturated carbocycles. The molecule has 2 rings (SSSR count). The van der Waals surface area contributed by atoms with E-state index < -0.39 is 0 Å². The number of thioether (sulfide) groups is 1. The van der Waals surface area contributed by atoms with Gasteiger partial charge in [0.15, 0.2) is 0 Å². The number of rotatable bonds is 4. The number of nitrogens with one attached hydrogen (secondary N) is 1. The second-order valence-corrected chi connectivity index (χ2v) is 5.75. The average Bonchev–Trinajstić information content (AvgIpc) is 2.71. The van der Waals surface area contributed by atoms with Crippen molar-refractivity contribution in [3.8, 4) is 0 Å². The van der Waals surface area contributed by atoms with E-state index in [1.54, 1.807) is 18.0 Å². The zero-order chi connectivity index (χ0) is 14.7. The number of halogens is 1. The molecule has 4 nitrogen and oxygen atoms in total. The van der Waals surface area contributed by atoms with Gasteiger partial charge in [0.05, 0.1) is 6.04 Å². The highest BCUT2D eigenvalue weighted by Gasteiger charge is 2.28. The minimum Gasteiger partial charge on any atom is -0.347 e. The Hall–Kier alpha value is -1.56. The molecule has 1 unspecified atom stereocenters. The van der Waals surface area contributed by atoms with Crippen LogP contribution in [-0.4, -0.2) is 42.6 Å². The van der Waals surface area contributed by atoms with Crippen LogP contribution >= 0.6 is 11.8 Å². The summed E-state index contributed by atoms with van der Waals surface area (Å²) in [5, 5.41) is 2.81. The zero-order valence-corrected chi connectivity index (χ0v) is 12.3. The minimum atomic E-state index is -0.299. The van der Waals surface area contributed by atoms with Crippen LogP contribution in [0, 0.1) is 5.82 Å². The minimum absolute atomic E-state index is 0.0254. The van der Waals surface area contributed by atoms with Crippen molar-refractivity contribution in [3.05, 3.63) is 35.1 Å². The van der Waals surface area contributed by atoms with Crippen LogP contribution in [0.3, 0.4) is 0 Å². The molecule has 1 aromatic rings. The molecule has 1 N–H and O–H groups in total. The van der Waals surface area contributed by atoms with Crippen LogP contribution < -0.4 is 5.32 Å². The topological polar surface area (TPSA) is 49.4 Å². The average molecular weight is 296 g/mol. The standard InChI is InChI=1S/C14H17FN2O2S/c1-17-7-11(6-13(17)18)16-14(19)9-3-4-12(15)10(5-9)8-20-2/h3-5,11H,6-8H2,1-2H3,(H,16,19). The summed E-state index contributed by atoms with van der Waals surface area (Å²) in [7, 11) is 1.71. The van der Waals surface area contributed by atoms with Gasteiger partial charge in [-0.2, -0.15) is 11.8 Å². The molecule has 1 fully saturated rings. The third-order valence-electron chi connectivity index (χ3n) is 3.28. The molecule has 1 aliphatic rings. The molecule has 6 heteroatoms. The first-order valence-electron chi connectivity index (χ1n) is 6.33. The largest absolute Gasteiger partial charge is 0.347 e. The molecule has 0 spiro atoms. The molecular weight excluding hydrogens is 279 g/mol. The van der Waals surface area contributed by atoms with Gasteiger partial charge in [-0.25, -0.2) is 4.39 Å². The SMILES string of the molecule is CSCc1cc(C(=O)NC2CC(=O)N(C)C2)ccc1F. The van der Waals surface area contributed by atoms with Crippen molar-refractivity contribution in [3.63, 3.8) is 0 Å². The van der Waals surface area contributed by atoms with Crippen molar-refractivity contribution in [2.75, 3.05) is 19.8 Å². The van der Waals surface area contributed by atoms with Crippen molar-refractivity contribution in [1.82, 2.24) is 10.2 Å². The fraction of sp³-hybridized carbons (Fsp3) is 0.429. The first kappa shape index (κ1) is 14.8. The Morgan fingerprint density at radius 2 is 2.30 bits per heavy atom. The van der Waals surface area contributed by atoms with Crippen molar-refractivity contribution >= 4 is 23.6 Å². The van der Waals surface area contributed by atoms with Crippen molar-refractivity contribution in [2.24, 2.45) is 0 Å². The van der Waals surface area contributed by atoms with Gasteiger partial charge in [-0.15, -0.1) is 0 Å². The van der Waals surface area contributed by atoms with E-state index in [0.717, 1.165) is 0 Å². The molecule has 1 heterocycles. The zero-order valence-electron chi connectivity index (χ0n) is 11.5. The highest BCUT2D eigenvalue weighted by atomic mass is 32.2. The van der Waals surface area contributed by atoms with E-state index in [-0.39, 0.29) is 23.7 Å². The van der Waals surface area contributed by atoms with E-state index in [1.165, 1.54) is 23.9 Å². The number of hydrogen-bond acceptors (Lipinski definition) is 3. The van der Waals surface area contributed by atoms with Crippen molar-refractivity contribution in [1.29, 1.82) is 0 Å². The molecular formula is C14H17FN2O2S. The van der Waals surface area contributed by atoms with Crippen LogP contribution in [0.4, 0.5) is 4.39 Å². The van der Waals surface area contributed by atoms with Crippen LogP contribution in [0.15, 0.2) is 18.2 Å². The molecule has 2 amide bonds. The highest BCUT2D eigenvalue weighted by molar-refractivity contribution is 7.97. The quantitative estimate of drug-likeness (QED) is 0.919. The number of nitrogens with zero attached hydrogens (tertiary/aromatic N) is 1. The van der Waals surface area contributed by atoms with Crippen molar-refractivity contribution in [2.45, 2.75) is 18.2 Å². The summed E-state index contributed by atoms with van der Waals surface area (Å²) in [6.07, 6.45) is 2.20. The van der Waals surface area contributed by atoms with Gasteiger partial charge in [0.1, 0.15) is 5.82 Å². The van der Waals surface area contributed by atoms with Crippen molar-refractivity contribution < 1.29 is 14.0 Å². The summed E-state index contributed by atoms with van der Waals surface area (Å²) in [4.78, 5) is 25.1. The number of likely N-dealkylation sites (N-methyl/N-ethyl adjacent to an activating group) is 1. The molecule has 0 aliphatic carbocycles. The van der Waals surface area contributed by atoms with E-state index in [0.29, 0.717) is 29.8 Å². The predicted molar refractivity (Wildman–Crippen MR) is 77.1 cm³/mol. The predicted octanol–water partition coefficient (Wildman–Crippen LogP) is 1.65. The first-order chi connectivity index (χ1) is 9.51. The highest BCUT2D eigenvalue weighted by Crippen LogP contribution is 2.16. The lowest BCUT2D eigenvalue weighted by atomic mass is 10.1. The molecule has 0 radical (unpaired) electrons. The van der Waals surface area contributed by atoms with Gasteiger partial charge < -0.3 is 10.2 Å². The molecule has 1 aromatic carbocycles. The fourth-order valence-electron chi connectivity index (χ4n) is 2.21. The second kappa shape index (κ2) is 6.26. The summed E-state index contributed by atoms with van der Waals surface area (Å²) in [6.45, 7) is 0.517. The Morgan fingerprint density at radius 3 is 2.90 bits per heavy atom. The van der Waals surface area contributed by atoms with Crippen LogP contribution in [0.5, 0.6) is 0 Å². The molecule has 0 aromatic heterocycles. The summed E-state index contributed by atoms with van der Waals surface area (Å²) >= 11 is 1.50. The van der Waals surface area contributed by atoms with Gasteiger partial charge in [-0.3, -0.25) is 9.59 Å². The van der Waals surface area contributed by atoms with Gasteiger partial charge in [-0.05, 0) is 30.0 Å². The van der Waals surface area contributed by atoms with Gasteiger partial charge in [0.25, 0.3) is 5.91 Å². The van der Waals surface area contributed by atoms with Crippen LogP contribution in [0.2, 0.25) is 0 Å². The molecule has 1 atom stereocenters. The summed E-state index contributed by atoms with van der Waals surface area (Å²) in [6, 6.07) is 4.18. The summed E-state index contributed by atoms with van der Waals surface area (Å²) in [5.74, 6) is -0.0120. The number of hydrogen-bond donors (Lipinski definition) is 1. The van der Waals surface area contributed by atoms with E-state index in [1.807, 2.05) is 6.26 Å². The lowest BCUT2D eigenvalue weighted by Crippen LogP contribution is -2.36. The monoisotopic (exact) mass is 296 g/mol. The maximum atomic E-state index is 13.5. The Labute approximate surface area is 121 Å². The first-order valence-corrected chi connectivity index (χ1v) is 7.73. The number of carbonyl (C=O) groups excluding carboxylic acids is 2. The second-order valence-electron chi connectivity index (χ2n) is 4.89. The van der Waals surface area contributed by atoms with E-state index in [2.05, 4.69) is 5.32 Å². The van der Waals surface area contributed by atoms with Gasteiger partial charge in [-0.1, -0.05) is 0 Å². The number of carbonyl (C=O) groups is 2. The third-order valence-corrected chi connectivity index (χ3v) is 3.88. The van der Waals surface area contributed by atoms with Gasteiger partial charge in [0, 0.05) is 31.3 Å². The van der Waals surface area contributed by atoms with E-state index in [9.17, 15) is 14.0 Å². The lowest BCUT2D eigenvalue weighted by molar-refractivity contribution is -0.126. The molecule has 1 aliphatic heterocycles. The van der Waals surface area contributed by atoms with Gasteiger partial charge >= 0.3 is 0 Å². The molecule has 1 saturated heterocycles. The van der Waals surface area contributed by atoms with E-state index >= 15 is 0 Å². The Morgan fingerprint density at radius 1 is 1.55 bits per heavy atom. The summed E-state index contributed by atoms with van der Waals surface area (Å²) in [5.41, 5.74) is 0.946. The normalized spacial score (nSPS) is 18.4. The fourth-order valence-corrected chi connectivity index (χ4v) is 2.74. The van der Waals surface area contributed by atoms with Crippen LogP contribution in [0.1, 0.15) is 22.3 Å². The van der Waals surface area contributed by atoms with Crippen LogP contribution in [-0.2, 0) is 10.5 Å². The van der Waals surface area contributed by atoms with Gasteiger partial charge in [0.2, 0.25) is 5.91 Å². The van der Waals surface area contributed by atoms with E-state index in [4.69, 9.17) is 0 Å². The maximum absolute atomic E-state index is 13.5. The Balaban J connectivity index is 2.06. The Bertz CT molecular complexity index is 536. The molecule has 108 valence electrons. The third kappa shape index (κ3) is 3.30. The maximum Gasteiger partial charge on any atom is 0.251 e. The molecule has 0 bridgehead atoms. The van der Waals surface area contributed by atoms with Crippen LogP contribution in [0.25, 0.3) is 0 Å².